The number of piperidine rings is 1. The van der Waals surface area contributed by atoms with Crippen LogP contribution >= 0.6 is 0 Å². The second kappa shape index (κ2) is 6.32. The maximum absolute atomic E-state index is 11.7. The van der Waals surface area contributed by atoms with Crippen LogP contribution in [-0.4, -0.2) is 46.6 Å². The summed E-state index contributed by atoms with van der Waals surface area (Å²) >= 11 is 0. The molecule has 18 heavy (non-hydrogen) atoms. The maximum Gasteiger partial charge on any atom is 0.252 e. The average molecular weight is 250 g/mol. The largest absolute Gasteiger partial charge is 0.392 e. The molecule has 6 heteroatoms. The highest BCUT2D eigenvalue weighted by molar-refractivity contribution is 5.79. The molecular formula is C12H18N4O2. The van der Waals surface area contributed by atoms with Crippen molar-refractivity contribution in [3.8, 4) is 0 Å². The average Bonchev–Trinajstić information content (AvgIpc) is 2.38. The molecule has 1 amide bonds. The van der Waals surface area contributed by atoms with Crippen LogP contribution in [0.25, 0.3) is 0 Å². The number of hydrogen-bond donors (Lipinski definition) is 3. The molecule has 0 aromatic carbocycles. The van der Waals surface area contributed by atoms with Gasteiger partial charge in [0.25, 0.3) is 5.91 Å². The van der Waals surface area contributed by atoms with Crippen molar-refractivity contribution in [2.75, 3.05) is 25.1 Å². The molecular weight excluding hydrogens is 232 g/mol. The normalized spacial score (nSPS) is 20.4. The van der Waals surface area contributed by atoms with Crippen LogP contribution in [0.4, 0.5) is 5.82 Å². The SMILES string of the molecule is O=C(CN1CCCC(O)C1)NNc1ccccn1. The summed E-state index contributed by atoms with van der Waals surface area (Å²) in [7, 11) is 0. The van der Waals surface area contributed by atoms with Gasteiger partial charge in [-0.3, -0.25) is 20.5 Å². The van der Waals surface area contributed by atoms with Gasteiger partial charge in [-0.25, -0.2) is 4.98 Å². The second-order valence-corrected chi connectivity index (χ2v) is 4.42. The third-order valence-corrected chi connectivity index (χ3v) is 2.84. The van der Waals surface area contributed by atoms with Crippen molar-refractivity contribution in [3.63, 3.8) is 0 Å². The number of anilines is 1. The van der Waals surface area contributed by atoms with Crippen LogP contribution in [0.2, 0.25) is 0 Å². The van der Waals surface area contributed by atoms with Crippen molar-refractivity contribution >= 4 is 11.7 Å². The second-order valence-electron chi connectivity index (χ2n) is 4.42. The fourth-order valence-electron chi connectivity index (χ4n) is 1.99. The van der Waals surface area contributed by atoms with Gasteiger partial charge in [-0.1, -0.05) is 6.07 Å². The molecule has 0 bridgehead atoms. The molecule has 6 nitrogen and oxygen atoms in total. The molecule has 0 radical (unpaired) electrons. The topological polar surface area (TPSA) is 77.5 Å². The van der Waals surface area contributed by atoms with Gasteiger partial charge in [0, 0.05) is 12.7 Å². The number of nitrogens with one attached hydrogen (secondary N) is 2. The zero-order valence-electron chi connectivity index (χ0n) is 10.2. The van der Waals surface area contributed by atoms with E-state index in [0.717, 1.165) is 19.4 Å². The molecule has 1 aromatic rings. The lowest BCUT2D eigenvalue weighted by Gasteiger charge is -2.29. The van der Waals surface area contributed by atoms with E-state index in [0.29, 0.717) is 12.4 Å². The summed E-state index contributed by atoms with van der Waals surface area (Å²) in [6, 6.07) is 5.41. The standard InChI is InChI=1S/C12H18N4O2/c17-10-4-3-7-16(8-10)9-12(18)15-14-11-5-1-2-6-13-11/h1-2,5-6,10,17H,3-4,7-9H2,(H,13,14)(H,15,18). The smallest absolute Gasteiger partial charge is 0.252 e. The number of hydrogen-bond acceptors (Lipinski definition) is 5. The number of rotatable bonds is 4. The first-order chi connectivity index (χ1) is 8.74. The molecule has 0 aliphatic carbocycles. The number of carbonyl (C=O) groups is 1. The summed E-state index contributed by atoms with van der Waals surface area (Å²) in [4.78, 5) is 17.6. The summed E-state index contributed by atoms with van der Waals surface area (Å²) in [5, 5.41) is 9.50. The Kier molecular flexibility index (Phi) is 4.49. The number of aromatic nitrogens is 1. The molecule has 1 aliphatic heterocycles. The molecule has 1 aromatic heterocycles. The zero-order chi connectivity index (χ0) is 12.8. The first-order valence-corrected chi connectivity index (χ1v) is 6.10. The van der Waals surface area contributed by atoms with E-state index in [2.05, 4.69) is 15.8 Å². The van der Waals surface area contributed by atoms with Gasteiger partial charge in [-0.05, 0) is 31.5 Å². The number of likely N-dealkylation sites (tertiary alicyclic amines) is 1. The van der Waals surface area contributed by atoms with Crippen molar-refractivity contribution in [3.05, 3.63) is 24.4 Å². The van der Waals surface area contributed by atoms with Crippen LogP contribution in [0.5, 0.6) is 0 Å². The fraction of sp³-hybridized carbons (Fsp3) is 0.500. The van der Waals surface area contributed by atoms with Crippen molar-refractivity contribution in [1.29, 1.82) is 0 Å². The van der Waals surface area contributed by atoms with Gasteiger partial charge in [0.05, 0.1) is 12.6 Å². The minimum atomic E-state index is -0.310. The predicted octanol–water partition coefficient (Wildman–Crippen LogP) is -0.0186. The molecule has 2 rings (SSSR count). The fourth-order valence-corrected chi connectivity index (χ4v) is 1.99. The highest BCUT2D eigenvalue weighted by atomic mass is 16.3. The summed E-state index contributed by atoms with van der Waals surface area (Å²) in [6.07, 6.45) is 3.09. The Morgan fingerprint density at radius 1 is 1.56 bits per heavy atom. The van der Waals surface area contributed by atoms with Gasteiger partial charge in [0.1, 0.15) is 5.82 Å². The van der Waals surface area contributed by atoms with Crippen molar-refractivity contribution in [1.82, 2.24) is 15.3 Å². The minimum Gasteiger partial charge on any atom is -0.392 e. The van der Waals surface area contributed by atoms with Gasteiger partial charge in [0.2, 0.25) is 0 Å². The van der Waals surface area contributed by atoms with E-state index >= 15 is 0 Å². The van der Waals surface area contributed by atoms with E-state index in [1.54, 1.807) is 12.3 Å². The summed E-state index contributed by atoms with van der Waals surface area (Å²) in [5.41, 5.74) is 5.33. The van der Waals surface area contributed by atoms with E-state index < -0.39 is 0 Å². The van der Waals surface area contributed by atoms with Crippen LogP contribution in [0, 0.1) is 0 Å². The van der Waals surface area contributed by atoms with Crippen LogP contribution in [0.3, 0.4) is 0 Å². The number of pyridine rings is 1. The summed E-state index contributed by atoms with van der Waals surface area (Å²) in [6.45, 7) is 1.71. The Labute approximate surface area is 106 Å². The lowest BCUT2D eigenvalue weighted by Crippen LogP contribution is -2.45. The van der Waals surface area contributed by atoms with E-state index in [1.807, 2.05) is 17.0 Å². The number of aliphatic hydroxyl groups excluding tert-OH is 1. The monoisotopic (exact) mass is 250 g/mol. The third kappa shape index (κ3) is 3.97. The quantitative estimate of drug-likeness (QED) is 0.655. The molecule has 1 saturated heterocycles. The lowest BCUT2D eigenvalue weighted by molar-refractivity contribution is -0.122. The molecule has 2 heterocycles. The number of nitrogens with zero attached hydrogens (tertiary/aromatic N) is 2. The predicted molar refractivity (Wildman–Crippen MR) is 67.7 cm³/mol. The number of amides is 1. The van der Waals surface area contributed by atoms with E-state index in [-0.39, 0.29) is 18.6 Å². The van der Waals surface area contributed by atoms with Crippen LogP contribution in [0.15, 0.2) is 24.4 Å². The molecule has 0 spiro atoms. The molecule has 3 N–H and O–H groups in total. The van der Waals surface area contributed by atoms with Crippen LogP contribution in [-0.2, 0) is 4.79 Å². The van der Waals surface area contributed by atoms with Gasteiger partial charge in [-0.2, -0.15) is 0 Å². The Morgan fingerprint density at radius 3 is 3.17 bits per heavy atom. The first kappa shape index (κ1) is 12.8. The summed E-state index contributed by atoms with van der Waals surface area (Å²) in [5.74, 6) is 0.472. The lowest BCUT2D eigenvalue weighted by atomic mass is 10.1. The van der Waals surface area contributed by atoms with Crippen molar-refractivity contribution < 1.29 is 9.90 Å². The van der Waals surface area contributed by atoms with Crippen molar-refractivity contribution in [2.24, 2.45) is 0 Å². The van der Waals surface area contributed by atoms with Gasteiger partial charge in [-0.15, -0.1) is 0 Å². The Hall–Kier alpha value is -1.66. The maximum atomic E-state index is 11.7. The molecule has 1 unspecified atom stereocenters. The molecule has 1 aliphatic rings. The first-order valence-electron chi connectivity index (χ1n) is 6.10. The number of hydrazine groups is 1. The zero-order valence-corrected chi connectivity index (χ0v) is 10.2. The Bertz CT molecular complexity index is 385. The van der Waals surface area contributed by atoms with Gasteiger partial charge in [0.15, 0.2) is 0 Å². The van der Waals surface area contributed by atoms with E-state index in [4.69, 9.17) is 0 Å². The highest BCUT2D eigenvalue weighted by Crippen LogP contribution is 2.08. The van der Waals surface area contributed by atoms with Crippen molar-refractivity contribution in [2.45, 2.75) is 18.9 Å². The molecule has 1 fully saturated rings. The summed E-state index contributed by atoms with van der Waals surface area (Å²) < 4.78 is 0. The number of carbonyl (C=O) groups excluding carboxylic acids is 1. The number of β-amino-alcohol motifs (C(OH)–C–C–N with tert-alkyl or cyclic N) is 1. The van der Waals surface area contributed by atoms with Gasteiger partial charge >= 0.3 is 0 Å². The Balaban J connectivity index is 1.72. The van der Waals surface area contributed by atoms with E-state index in [1.165, 1.54) is 0 Å². The van der Waals surface area contributed by atoms with Crippen LogP contribution < -0.4 is 10.9 Å². The molecule has 1 atom stereocenters. The molecule has 98 valence electrons. The van der Waals surface area contributed by atoms with E-state index in [9.17, 15) is 9.90 Å². The minimum absolute atomic E-state index is 0.130. The molecule has 0 saturated carbocycles. The highest BCUT2D eigenvalue weighted by Gasteiger charge is 2.19. The van der Waals surface area contributed by atoms with Gasteiger partial charge < -0.3 is 5.11 Å². The van der Waals surface area contributed by atoms with Crippen LogP contribution in [0.1, 0.15) is 12.8 Å². The third-order valence-electron chi connectivity index (χ3n) is 2.84. The Morgan fingerprint density at radius 2 is 2.44 bits per heavy atom. The number of aliphatic hydroxyl groups is 1.